The fourth-order valence-corrected chi connectivity index (χ4v) is 1.26. The predicted molar refractivity (Wildman–Crippen MR) is 53.0 cm³/mol. The van der Waals surface area contributed by atoms with Gasteiger partial charge in [-0.05, 0) is 30.7 Å². The molecule has 1 aromatic carbocycles. The van der Waals surface area contributed by atoms with Gasteiger partial charge in [-0.1, -0.05) is 6.92 Å². The quantitative estimate of drug-likeness (QED) is 0.807. The van der Waals surface area contributed by atoms with Crippen LogP contribution in [0.5, 0.6) is 5.75 Å². The van der Waals surface area contributed by atoms with Crippen molar-refractivity contribution in [1.82, 2.24) is 0 Å². The average Bonchev–Trinajstić information content (AvgIpc) is 2.17. The molecule has 0 heterocycles. The summed E-state index contributed by atoms with van der Waals surface area (Å²) in [4.78, 5) is 0. The minimum Gasteiger partial charge on any atom is -0.497 e. The standard InChI is InChI=1S/C11H15FO2/c1-7(8(2)13)10-6-9(14-3)4-5-11(10)12/h4-8,13H,1-3H3/t7-,8+/m1/s1. The summed E-state index contributed by atoms with van der Waals surface area (Å²) in [6, 6.07) is 4.54. The molecule has 2 atom stereocenters. The van der Waals surface area contributed by atoms with Gasteiger partial charge in [0, 0.05) is 5.92 Å². The Morgan fingerprint density at radius 3 is 2.50 bits per heavy atom. The molecule has 0 spiro atoms. The number of halogens is 1. The topological polar surface area (TPSA) is 29.5 Å². The summed E-state index contributed by atoms with van der Waals surface area (Å²) in [7, 11) is 1.53. The van der Waals surface area contributed by atoms with Crippen LogP contribution in [-0.2, 0) is 0 Å². The van der Waals surface area contributed by atoms with E-state index >= 15 is 0 Å². The SMILES string of the molecule is COc1ccc(F)c([C@H](C)[C@H](C)O)c1. The molecule has 1 aromatic rings. The van der Waals surface area contributed by atoms with Gasteiger partial charge in [-0.15, -0.1) is 0 Å². The minimum atomic E-state index is -0.573. The Morgan fingerprint density at radius 2 is 2.00 bits per heavy atom. The highest BCUT2D eigenvalue weighted by atomic mass is 19.1. The zero-order valence-electron chi connectivity index (χ0n) is 8.62. The van der Waals surface area contributed by atoms with Crippen molar-refractivity contribution in [2.75, 3.05) is 7.11 Å². The number of rotatable bonds is 3. The van der Waals surface area contributed by atoms with Crippen molar-refractivity contribution < 1.29 is 14.2 Å². The van der Waals surface area contributed by atoms with Gasteiger partial charge in [0.05, 0.1) is 13.2 Å². The molecule has 0 aliphatic rings. The van der Waals surface area contributed by atoms with Crippen LogP contribution in [0, 0.1) is 5.82 Å². The van der Waals surface area contributed by atoms with Crippen molar-refractivity contribution in [2.24, 2.45) is 0 Å². The summed E-state index contributed by atoms with van der Waals surface area (Å²) < 4.78 is 18.3. The molecule has 0 amide bonds. The Labute approximate surface area is 83.3 Å². The van der Waals surface area contributed by atoms with E-state index in [1.165, 1.54) is 13.2 Å². The van der Waals surface area contributed by atoms with E-state index in [-0.39, 0.29) is 11.7 Å². The molecule has 2 nitrogen and oxygen atoms in total. The lowest BCUT2D eigenvalue weighted by Gasteiger charge is -2.16. The number of aliphatic hydroxyl groups is 1. The lowest BCUT2D eigenvalue weighted by Crippen LogP contribution is -2.12. The van der Waals surface area contributed by atoms with Gasteiger partial charge in [0.2, 0.25) is 0 Å². The van der Waals surface area contributed by atoms with Crippen LogP contribution in [0.4, 0.5) is 4.39 Å². The molecule has 3 heteroatoms. The smallest absolute Gasteiger partial charge is 0.127 e. The van der Waals surface area contributed by atoms with Crippen LogP contribution in [0.3, 0.4) is 0 Å². The summed E-state index contributed by atoms with van der Waals surface area (Å²) in [5, 5.41) is 9.35. The molecular weight excluding hydrogens is 183 g/mol. The van der Waals surface area contributed by atoms with Crippen molar-refractivity contribution in [3.05, 3.63) is 29.6 Å². The van der Waals surface area contributed by atoms with Gasteiger partial charge in [0.25, 0.3) is 0 Å². The minimum absolute atomic E-state index is 0.231. The number of ether oxygens (including phenoxy) is 1. The van der Waals surface area contributed by atoms with E-state index in [4.69, 9.17) is 4.74 Å². The van der Waals surface area contributed by atoms with Crippen molar-refractivity contribution >= 4 is 0 Å². The van der Waals surface area contributed by atoms with Gasteiger partial charge in [-0.2, -0.15) is 0 Å². The fourth-order valence-electron chi connectivity index (χ4n) is 1.26. The largest absolute Gasteiger partial charge is 0.497 e. The third-order valence-corrected chi connectivity index (χ3v) is 2.42. The Morgan fingerprint density at radius 1 is 1.36 bits per heavy atom. The highest BCUT2D eigenvalue weighted by molar-refractivity contribution is 5.32. The van der Waals surface area contributed by atoms with E-state index in [0.717, 1.165) is 0 Å². The number of hydrogen-bond acceptors (Lipinski definition) is 2. The first-order valence-corrected chi connectivity index (χ1v) is 4.57. The molecule has 1 N–H and O–H groups in total. The van der Waals surface area contributed by atoms with Gasteiger partial charge < -0.3 is 9.84 Å². The first-order chi connectivity index (χ1) is 6.56. The summed E-state index contributed by atoms with van der Waals surface area (Å²) >= 11 is 0. The Hall–Kier alpha value is -1.09. The van der Waals surface area contributed by atoms with Crippen LogP contribution in [0.25, 0.3) is 0 Å². The van der Waals surface area contributed by atoms with Crippen LogP contribution in [-0.4, -0.2) is 18.3 Å². The molecule has 0 fully saturated rings. The van der Waals surface area contributed by atoms with Crippen molar-refractivity contribution in [3.63, 3.8) is 0 Å². The number of hydrogen-bond donors (Lipinski definition) is 1. The van der Waals surface area contributed by atoms with E-state index in [0.29, 0.717) is 11.3 Å². The molecule has 0 bridgehead atoms. The molecule has 0 unspecified atom stereocenters. The summed E-state index contributed by atoms with van der Waals surface area (Å²) in [5.74, 6) is 0.0678. The molecule has 0 radical (unpaired) electrons. The van der Waals surface area contributed by atoms with Crippen molar-refractivity contribution in [3.8, 4) is 5.75 Å². The maximum atomic E-state index is 13.4. The second-order valence-electron chi connectivity index (χ2n) is 3.42. The molecule has 14 heavy (non-hydrogen) atoms. The zero-order valence-corrected chi connectivity index (χ0v) is 8.62. The lowest BCUT2D eigenvalue weighted by molar-refractivity contribution is 0.167. The second-order valence-corrected chi connectivity index (χ2v) is 3.42. The number of aliphatic hydroxyl groups excluding tert-OH is 1. The van der Waals surface area contributed by atoms with Gasteiger partial charge in [-0.25, -0.2) is 4.39 Å². The van der Waals surface area contributed by atoms with Gasteiger partial charge in [0.15, 0.2) is 0 Å². The molecule has 0 saturated heterocycles. The molecular formula is C11H15FO2. The number of benzene rings is 1. The Kier molecular flexibility index (Phi) is 3.47. The van der Waals surface area contributed by atoms with E-state index in [1.54, 1.807) is 26.0 Å². The zero-order chi connectivity index (χ0) is 10.7. The monoisotopic (exact) mass is 198 g/mol. The van der Waals surface area contributed by atoms with Crippen LogP contribution >= 0.6 is 0 Å². The van der Waals surface area contributed by atoms with Crippen LogP contribution in [0.1, 0.15) is 25.3 Å². The Bertz CT molecular complexity index is 310. The second kappa shape index (κ2) is 4.42. The predicted octanol–water partition coefficient (Wildman–Crippen LogP) is 2.32. The lowest BCUT2D eigenvalue weighted by atomic mass is 9.96. The van der Waals surface area contributed by atoms with E-state index in [1.807, 2.05) is 0 Å². The summed E-state index contributed by atoms with van der Waals surface area (Å²) in [5.41, 5.74) is 0.486. The maximum Gasteiger partial charge on any atom is 0.127 e. The average molecular weight is 198 g/mol. The third kappa shape index (κ3) is 2.23. The van der Waals surface area contributed by atoms with Gasteiger partial charge in [0.1, 0.15) is 11.6 Å². The third-order valence-electron chi connectivity index (χ3n) is 2.42. The molecule has 1 rings (SSSR count). The van der Waals surface area contributed by atoms with Crippen LogP contribution < -0.4 is 4.74 Å². The van der Waals surface area contributed by atoms with E-state index in [9.17, 15) is 9.50 Å². The highest BCUT2D eigenvalue weighted by Crippen LogP contribution is 2.25. The van der Waals surface area contributed by atoms with Crippen molar-refractivity contribution in [2.45, 2.75) is 25.9 Å². The first-order valence-electron chi connectivity index (χ1n) is 4.57. The number of methoxy groups -OCH3 is 1. The molecule has 0 aromatic heterocycles. The van der Waals surface area contributed by atoms with E-state index < -0.39 is 6.10 Å². The summed E-state index contributed by atoms with van der Waals surface area (Å²) in [6.07, 6.45) is -0.573. The van der Waals surface area contributed by atoms with Gasteiger partial charge >= 0.3 is 0 Å². The molecule has 0 aliphatic carbocycles. The van der Waals surface area contributed by atoms with Crippen molar-refractivity contribution in [1.29, 1.82) is 0 Å². The van der Waals surface area contributed by atoms with Crippen LogP contribution in [0.15, 0.2) is 18.2 Å². The van der Waals surface area contributed by atoms with Gasteiger partial charge in [-0.3, -0.25) is 0 Å². The maximum absolute atomic E-state index is 13.4. The Balaban J connectivity index is 3.05. The molecule has 0 aliphatic heterocycles. The normalized spacial score (nSPS) is 14.9. The highest BCUT2D eigenvalue weighted by Gasteiger charge is 2.16. The fraction of sp³-hybridized carbons (Fsp3) is 0.455. The molecule has 0 saturated carbocycles. The molecule has 78 valence electrons. The summed E-state index contributed by atoms with van der Waals surface area (Å²) in [6.45, 7) is 3.42. The first kappa shape index (κ1) is 11.0. The van der Waals surface area contributed by atoms with Crippen LogP contribution in [0.2, 0.25) is 0 Å². The van der Waals surface area contributed by atoms with E-state index in [2.05, 4.69) is 0 Å².